The Morgan fingerprint density at radius 2 is 2.26 bits per heavy atom. The number of hydrogen-bond acceptors (Lipinski definition) is 4. The van der Waals surface area contributed by atoms with Crippen LogP contribution in [0.3, 0.4) is 0 Å². The molecule has 0 saturated carbocycles. The molecule has 1 amide bonds. The highest BCUT2D eigenvalue weighted by molar-refractivity contribution is 5.99. The van der Waals surface area contributed by atoms with E-state index in [1.165, 1.54) is 0 Å². The lowest BCUT2D eigenvalue weighted by Gasteiger charge is -2.26. The molecule has 104 valence electrons. The van der Waals surface area contributed by atoms with Crippen LogP contribution in [-0.4, -0.2) is 28.9 Å². The number of hydrazine groups is 1. The second kappa shape index (κ2) is 5.57. The molecule has 1 aromatic heterocycles. The number of pyridine rings is 1. The number of nitrogens with zero attached hydrogens (tertiary/aromatic N) is 2. The van der Waals surface area contributed by atoms with E-state index in [1.807, 2.05) is 4.90 Å². The Morgan fingerprint density at radius 3 is 2.84 bits per heavy atom. The molecule has 0 aliphatic carbocycles. The van der Waals surface area contributed by atoms with Gasteiger partial charge in [0, 0.05) is 25.5 Å². The highest BCUT2D eigenvalue weighted by Crippen LogP contribution is 2.37. The van der Waals surface area contributed by atoms with Gasteiger partial charge in [0.1, 0.15) is 0 Å². The summed E-state index contributed by atoms with van der Waals surface area (Å²) in [5.74, 6) is 5.46. The number of carbonyl (C=O) groups is 1. The normalized spacial score (nSPS) is 17.5. The van der Waals surface area contributed by atoms with Crippen LogP contribution in [0.2, 0.25) is 0 Å². The topological polar surface area (TPSA) is 71.2 Å². The molecule has 19 heavy (non-hydrogen) atoms. The fourth-order valence-corrected chi connectivity index (χ4v) is 2.80. The Balaban J connectivity index is 2.18. The summed E-state index contributed by atoms with van der Waals surface area (Å²) in [5.41, 5.74) is 4.03. The predicted octanol–water partition coefficient (Wildman–Crippen LogP) is 2.02. The Morgan fingerprint density at radius 1 is 1.53 bits per heavy atom. The number of carbonyl (C=O) groups excluding carboxylic acids is 1. The molecule has 3 N–H and O–H groups in total. The van der Waals surface area contributed by atoms with E-state index >= 15 is 0 Å². The Labute approximate surface area is 114 Å². The first kappa shape index (κ1) is 13.8. The van der Waals surface area contributed by atoms with Crippen LogP contribution in [0.25, 0.3) is 0 Å². The van der Waals surface area contributed by atoms with Crippen molar-refractivity contribution in [2.45, 2.75) is 33.1 Å². The molecule has 1 aliphatic rings. The maximum Gasteiger partial charge on any atom is 0.257 e. The van der Waals surface area contributed by atoms with Crippen LogP contribution >= 0.6 is 0 Å². The molecule has 2 rings (SSSR count). The summed E-state index contributed by atoms with van der Waals surface area (Å²) in [6.07, 6.45) is 6.51. The van der Waals surface area contributed by atoms with Gasteiger partial charge in [0.2, 0.25) is 0 Å². The molecule has 1 aliphatic heterocycles. The van der Waals surface area contributed by atoms with E-state index in [0.29, 0.717) is 11.3 Å². The van der Waals surface area contributed by atoms with Crippen LogP contribution in [-0.2, 0) is 0 Å². The molecule has 1 aromatic rings. The van der Waals surface area contributed by atoms with Crippen molar-refractivity contribution >= 4 is 11.6 Å². The summed E-state index contributed by atoms with van der Waals surface area (Å²) in [7, 11) is 0. The van der Waals surface area contributed by atoms with Crippen LogP contribution < -0.4 is 11.3 Å². The molecule has 5 heteroatoms. The molecule has 0 atom stereocenters. The van der Waals surface area contributed by atoms with Crippen molar-refractivity contribution in [3.05, 3.63) is 24.0 Å². The van der Waals surface area contributed by atoms with Gasteiger partial charge in [-0.15, -0.1) is 0 Å². The van der Waals surface area contributed by atoms with E-state index in [9.17, 15) is 4.79 Å². The lowest BCUT2D eigenvalue weighted by molar-refractivity contribution is 0.0770. The van der Waals surface area contributed by atoms with Gasteiger partial charge in [0.15, 0.2) is 0 Å². The minimum atomic E-state index is 0.0184. The van der Waals surface area contributed by atoms with Crippen LogP contribution in [0.4, 0.5) is 5.69 Å². The molecular formula is C14H22N4O. The number of anilines is 1. The number of nitrogens with one attached hydrogen (secondary N) is 1. The molecule has 0 radical (unpaired) electrons. The largest absolute Gasteiger partial charge is 0.338 e. The standard InChI is InChI=1S/C14H22N4O/c1-3-14(4-2)6-8-18(10-14)13(19)11-9-16-7-5-12(11)17-15/h5,7,9H,3-4,6,8,10,15H2,1-2H3,(H,16,17). The Hall–Kier alpha value is -1.62. The van der Waals surface area contributed by atoms with Gasteiger partial charge in [0.25, 0.3) is 5.91 Å². The number of rotatable bonds is 4. The first-order chi connectivity index (χ1) is 9.15. The number of hydrogen-bond donors (Lipinski definition) is 2. The van der Waals surface area contributed by atoms with Crippen molar-refractivity contribution in [2.75, 3.05) is 18.5 Å². The third kappa shape index (κ3) is 2.56. The quantitative estimate of drug-likeness (QED) is 0.643. The van der Waals surface area contributed by atoms with Crippen LogP contribution in [0.15, 0.2) is 18.5 Å². The maximum atomic E-state index is 12.5. The van der Waals surface area contributed by atoms with E-state index in [4.69, 9.17) is 5.84 Å². The van der Waals surface area contributed by atoms with Crippen LogP contribution in [0.1, 0.15) is 43.5 Å². The number of likely N-dealkylation sites (tertiary alicyclic amines) is 1. The predicted molar refractivity (Wildman–Crippen MR) is 75.6 cm³/mol. The van der Waals surface area contributed by atoms with Gasteiger partial charge < -0.3 is 10.3 Å². The second-order valence-corrected chi connectivity index (χ2v) is 5.25. The summed E-state index contributed by atoms with van der Waals surface area (Å²) in [4.78, 5) is 18.5. The summed E-state index contributed by atoms with van der Waals surface area (Å²) in [6, 6.07) is 1.72. The SMILES string of the molecule is CCC1(CC)CCN(C(=O)c2cnccc2NN)C1. The molecule has 0 unspecified atom stereocenters. The summed E-state index contributed by atoms with van der Waals surface area (Å²) in [6.45, 7) is 6.06. The van der Waals surface area contributed by atoms with Gasteiger partial charge in [-0.1, -0.05) is 13.8 Å². The van der Waals surface area contributed by atoms with Crippen molar-refractivity contribution < 1.29 is 4.79 Å². The zero-order chi connectivity index (χ0) is 13.9. The van der Waals surface area contributed by atoms with E-state index < -0.39 is 0 Å². The number of aromatic nitrogens is 1. The van der Waals surface area contributed by atoms with Gasteiger partial charge in [-0.2, -0.15) is 0 Å². The van der Waals surface area contributed by atoms with Gasteiger partial charge >= 0.3 is 0 Å². The Kier molecular flexibility index (Phi) is 4.04. The lowest BCUT2D eigenvalue weighted by Crippen LogP contribution is -2.32. The molecule has 2 heterocycles. The fourth-order valence-electron chi connectivity index (χ4n) is 2.80. The molecule has 0 spiro atoms. The van der Waals surface area contributed by atoms with Crippen molar-refractivity contribution in [1.29, 1.82) is 0 Å². The average Bonchev–Trinajstić information content (AvgIpc) is 2.91. The van der Waals surface area contributed by atoms with Crippen molar-refractivity contribution in [3.8, 4) is 0 Å². The smallest absolute Gasteiger partial charge is 0.257 e. The number of amides is 1. The van der Waals surface area contributed by atoms with Gasteiger partial charge in [0.05, 0.1) is 11.3 Å². The molecular weight excluding hydrogens is 240 g/mol. The first-order valence-electron chi connectivity index (χ1n) is 6.85. The minimum absolute atomic E-state index is 0.0184. The zero-order valence-electron chi connectivity index (χ0n) is 11.6. The first-order valence-corrected chi connectivity index (χ1v) is 6.85. The average molecular weight is 262 g/mol. The lowest BCUT2D eigenvalue weighted by atomic mass is 9.82. The van der Waals surface area contributed by atoms with Gasteiger partial charge in [-0.3, -0.25) is 15.6 Å². The van der Waals surface area contributed by atoms with E-state index in [1.54, 1.807) is 18.5 Å². The maximum absolute atomic E-state index is 12.5. The Bertz CT molecular complexity index is 457. The van der Waals surface area contributed by atoms with Crippen molar-refractivity contribution in [1.82, 2.24) is 9.88 Å². The highest BCUT2D eigenvalue weighted by Gasteiger charge is 2.37. The molecule has 0 bridgehead atoms. The van der Waals surface area contributed by atoms with Crippen molar-refractivity contribution in [3.63, 3.8) is 0 Å². The third-order valence-electron chi connectivity index (χ3n) is 4.43. The third-order valence-corrected chi connectivity index (χ3v) is 4.43. The zero-order valence-corrected chi connectivity index (χ0v) is 11.6. The number of nitrogen functional groups attached to an aromatic ring is 1. The van der Waals surface area contributed by atoms with Gasteiger partial charge in [-0.25, -0.2) is 0 Å². The molecule has 5 nitrogen and oxygen atoms in total. The van der Waals surface area contributed by atoms with E-state index in [2.05, 4.69) is 24.3 Å². The summed E-state index contributed by atoms with van der Waals surface area (Å²) < 4.78 is 0. The second-order valence-electron chi connectivity index (χ2n) is 5.25. The van der Waals surface area contributed by atoms with Crippen molar-refractivity contribution in [2.24, 2.45) is 11.3 Å². The van der Waals surface area contributed by atoms with Crippen LogP contribution in [0, 0.1) is 5.41 Å². The monoisotopic (exact) mass is 262 g/mol. The molecule has 1 fully saturated rings. The van der Waals surface area contributed by atoms with Crippen LogP contribution in [0.5, 0.6) is 0 Å². The number of nitrogens with two attached hydrogens (primary N) is 1. The molecule has 1 saturated heterocycles. The summed E-state index contributed by atoms with van der Waals surface area (Å²) in [5, 5.41) is 0. The summed E-state index contributed by atoms with van der Waals surface area (Å²) >= 11 is 0. The van der Waals surface area contributed by atoms with E-state index in [0.717, 1.165) is 32.4 Å². The minimum Gasteiger partial charge on any atom is -0.338 e. The van der Waals surface area contributed by atoms with Gasteiger partial charge in [-0.05, 0) is 30.7 Å². The molecule has 0 aromatic carbocycles. The highest BCUT2D eigenvalue weighted by atomic mass is 16.2. The van der Waals surface area contributed by atoms with E-state index in [-0.39, 0.29) is 11.3 Å². The fraction of sp³-hybridized carbons (Fsp3) is 0.571.